The van der Waals surface area contributed by atoms with Crippen molar-refractivity contribution in [2.24, 2.45) is 0 Å². The molecule has 0 aliphatic rings. The smallest absolute Gasteiger partial charge is 0.234 e. The summed E-state index contributed by atoms with van der Waals surface area (Å²) in [6.45, 7) is 3.22. The molecule has 0 unspecified atom stereocenters. The van der Waals surface area contributed by atoms with E-state index in [9.17, 15) is 0 Å². The maximum atomic E-state index is 9.02. The predicted molar refractivity (Wildman–Crippen MR) is 82.5 cm³/mol. The lowest BCUT2D eigenvalue weighted by atomic mass is 10.1. The summed E-state index contributed by atoms with van der Waals surface area (Å²) < 4.78 is 5.34. The molecule has 0 aliphatic carbocycles. The van der Waals surface area contributed by atoms with Crippen LogP contribution in [0.2, 0.25) is 0 Å². The Morgan fingerprint density at radius 3 is 3.00 bits per heavy atom. The molecule has 22 heavy (non-hydrogen) atoms. The predicted octanol–water partition coefficient (Wildman–Crippen LogP) is 1.12. The van der Waals surface area contributed by atoms with Crippen LogP contribution in [0, 0.1) is 11.3 Å². The number of hydrogen-bond donors (Lipinski definition) is 2. The number of nitrogen functional groups attached to an aromatic ring is 1. The van der Waals surface area contributed by atoms with E-state index in [1.54, 1.807) is 12.4 Å². The van der Waals surface area contributed by atoms with E-state index in [-0.39, 0.29) is 5.82 Å². The molecule has 0 fully saturated rings. The number of nitrogens with two attached hydrogens (primary N) is 1. The number of nitrogens with one attached hydrogen (secondary N) is 1. The van der Waals surface area contributed by atoms with E-state index in [0.717, 1.165) is 24.5 Å². The van der Waals surface area contributed by atoms with Crippen molar-refractivity contribution in [2.45, 2.75) is 19.8 Å². The van der Waals surface area contributed by atoms with Crippen molar-refractivity contribution in [2.75, 3.05) is 30.8 Å². The molecule has 3 N–H and O–H groups in total. The zero-order chi connectivity index (χ0) is 15.9. The van der Waals surface area contributed by atoms with Crippen molar-refractivity contribution in [1.29, 1.82) is 5.26 Å². The summed E-state index contributed by atoms with van der Waals surface area (Å²) in [4.78, 5) is 10.5. The largest absolute Gasteiger partial charge is 0.477 e. The van der Waals surface area contributed by atoms with Gasteiger partial charge in [0, 0.05) is 13.6 Å². The molecule has 0 spiro atoms. The molecule has 0 saturated carbocycles. The van der Waals surface area contributed by atoms with E-state index in [1.807, 2.05) is 18.9 Å². The van der Waals surface area contributed by atoms with Gasteiger partial charge >= 0.3 is 0 Å². The van der Waals surface area contributed by atoms with Gasteiger partial charge in [-0.25, -0.2) is 0 Å². The summed E-state index contributed by atoms with van der Waals surface area (Å²) >= 11 is 0. The average molecular weight is 301 g/mol. The van der Waals surface area contributed by atoms with Crippen molar-refractivity contribution in [3.05, 3.63) is 23.7 Å². The quantitative estimate of drug-likeness (QED) is 0.787. The third-order valence-electron chi connectivity index (χ3n) is 3.18. The molecule has 0 saturated heterocycles. The highest BCUT2D eigenvalue weighted by atomic mass is 16.5. The highest BCUT2D eigenvalue weighted by molar-refractivity contribution is 5.50. The van der Waals surface area contributed by atoms with Crippen LogP contribution in [0.1, 0.15) is 24.6 Å². The molecule has 0 atom stereocenters. The Morgan fingerprint density at radius 2 is 2.27 bits per heavy atom. The van der Waals surface area contributed by atoms with Crippen LogP contribution < -0.4 is 15.4 Å². The molecule has 2 aromatic heterocycles. The van der Waals surface area contributed by atoms with Crippen molar-refractivity contribution in [3.8, 4) is 11.9 Å². The Hall–Kier alpha value is -2.82. The molecule has 0 aliphatic heterocycles. The second-order valence-corrected chi connectivity index (χ2v) is 4.75. The molecule has 0 aromatic carbocycles. The molecule has 2 aromatic rings. The van der Waals surface area contributed by atoms with Crippen LogP contribution >= 0.6 is 0 Å². The molecule has 116 valence electrons. The lowest BCUT2D eigenvalue weighted by Crippen LogP contribution is -2.20. The zero-order valence-corrected chi connectivity index (χ0v) is 12.7. The van der Waals surface area contributed by atoms with Crippen molar-refractivity contribution >= 4 is 11.6 Å². The second-order valence-electron chi connectivity index (χ2n) is 4.75. The maximum Gasteiger partial charge on any atom is 0.234 e. The number of anilines is 2. The van der Waals surface area contributed by atoms with Crippen molar-refractivity contribution in [1.82, 2.24) is 20.2 Å². The summed E-state index contributed by atoms with van der Waals surface area (Å²) in [7, 11) is 1.94. The van der Waals surface area contributed by atoms with Crippen LogP contribution in [-0.2, 0) is 6.42 Å². The standard InChI is InChI=1S/C14H19N7O/c1-3-22-13-9-17-8-12(18-13)21(2)6-4-5-11-10(7-15)14(16)20-19-11/h8-9H,3-6H2,1-2H3,(H3,16,19,20). The summed E-state index contributed by atoms with van der Waals surface area (Å²) in [5.74, 6) is 1.51. The maximum absolute atomic E-state index is 9.02. The van der Waals surface area contributed by atoms with Gasteiger partial charge in [0.05, 0.1) is 24.7 Å². The monoisotopic (exact) mass is 301 g/mol. The van der Waals surface area contributed by atoms with Gasteiger partial charge < -0.3 is 15.4 Å². The first-order valence-corrected chi connectivity index (χ1v) is 7.04. The summed E-state index contributed by atoms with van der Waals surface area (Å²) in [5.41, 5.74) is 6.81. The molecule has 8 nitrogen and oxygen atoms in total. The minimum atomic E-state index is 0.251. The van der Waals surface area contributed by atoms with Crippen LogP contribution in [-0.4, -0.2) is 40.4 Å². The number of H-pyrrole nitrogens is 1. The molecule has 2 rings (SSSR count). The lowest BCUT2D eigenvalue weighted by molar-refractivity contribution is 0.325. The number of rotatable bonds is 7. The van der Waals surface area contributed by atoms with Crippen molar-refractivity contribution in [3.63, 3.8) is 0 Å². The van der Waals surface area contributed by atoms with Crippen LogP contribution in [0.25, 0.3) is 0 Å². The summed E-state index contributed by atoms with van der Waals surface area (Å²) in [5, 5.41) is 15.7. The minimum absolute atomic E-state index is 0.251. The van der Waals surface area contributed by atoms with Crippen LogP contribution in [0.15, 0.2) is 12.4 Å². The van der Waals surface area contributed by atoms with E-state index in [2.05, 4.69) is 26.2 Å². The second kappa shape index (κ2) is 7.26. The molecule has 8 heteroatoms. The normalized spacial score (nSPS) is 10.2. The number of aromatic nitrogens is 4. The fourth-order valence-corrected chi connectivity index (χ4v) is 2.05. The number of aryl methyl sites for hydroxylation is 1. The number of ether oxygens (including phenoxy) is 1. The lowest BCUT2D eigenvalue weighted by Gasteiger charge is -2.17. The van der Waals surface area contributed by atoms with Crippen LogP contribution in [0.4, 0.5) is 11.6 Å². The Kier molecular flexibility index (Phi) is 5.14. The molecule has 0 amide bonds. The molecule has 0 bridgehead atoms. The average Bonchev–Trinajstić information content (AvgIpc) is 2.88. The number of hydrogen-bond acceptors (Lipinski definition) is 7. The van der Waals surface area contributed by atoms with E-state index >= 15 is 0 Å². The van der Waals surface area contributed by atoms with Gasteiger partial charge in [0.1, 0.15) is 11.6 Å². The highest BCUT2D eigenvalue weighted by Gasteiger charge is 2.11. The topological polar surface area (TPSA) is 117 Å². The van der Waals surface area contributed by atoms with Gasteiger partial charge in [0.15, 0.2) is 11.6 Å². The Balaban J connectivity index is 1.91. The Labute approximate surface area is 128 Å². The number of nitriles is 1. The molecule has 0 radical (unpaired) electrons. The van der Waals surface area contributed by atoms with Gasteiger partial charge in [0.25, 0.3) is 0 Å². The van der Waals surface area contributed by atoms with Gasteiger partial charge in [-0.3, -0.25) is 10.1 Å². The highest BCUT2D eigenvalue weighted by Crippen LogP contribution is 2.16. The van der Waals surface area contributed by atoms with E-state index in [0.29, 0.717) is 24.5 Å². The van der Waals surface area contributed by atoms with Crippen LogP contribution in [0.5, 0.6) is 5.88 Å². The van der Waals surface area contributed by atoms with Gasteiger partial charge in [-0.15, -0.1) is 0 Å². The third kappa shape index (κ3) is 3.63. The first-order valence-electron chi connectivity index (χ1n) is 7.04. The fourth-order valence-electron chi connectivity index (χ4n) is 2.05. The summed E-state index contributed by atoms with van der Waals surface area (Å²) in [6, 6.07) is 2.06. The molecular weight excluding hydrogens is 282 g/mol. The zero-order valence-electron chi connectivity index (χ0n) is 12.7. The molecular formula is C14H19N7O. The Bertz CT molecular complexity index is 661. The van der Waals surface area contributed by atoms with Crippen LogP contribution in [0.3, 0.4) is 0 Å². The van der Waals surface area contributed by atoms with Gasteiger partial charge in [-0.1, -0.05) is 0 Å². The first kappa shape index (κ1) is 15.6. The fraction of sp³-hybridized carbons (Fsp3) is 0.429. The number of aromatic amines is 1. The van der Waals surface area contributed by atoms with E-state index in [1.165, 1.54) is 0 Å². The van der Waals surface area contributed by atoms with E-state index < -0.39 is 0 Å². The SMILES string of the molecule is CCOc1cncc(N(C)CCCc2[nH]nc(N)c2C#N)n1. The van der Waals surface area contributed by atoms with E-state index in [4.69, 9.17) is 15.7 Å². The van der Waals surface area contributed by atoms with Gasteiger partial charge in [-0.05, 0) is 19.8 Å². The van der Waals surface area contributed by atoms with Crippen molar-refractivity contribution < 1.29 is 4.74 Å². The first-order chi connectivity index (χ1) is 10.7. The van der Waals surface area contributed by atoms with Gasteiger partial charge in [0.2, 0.25) is 5.88 Å². The van der Waals surface area contributed by atoms with Gasteiger partial charge in [-0.2, -0.15) is 15.3 Å². The summed E-state index contributed by atoms with van der Waals surface area (Å²) in [6.07, 6.45) is 4.80. The number of nitrogens with zero attached hydrogens (tertiary/aromatic N) is 5. The molecule has 2 heterocycles. The Morgan fingerprint density at radius 1 is 1.45 bits per heavy atom. The minimum Gasteiger partial charge on any atom is -0.477 e. The third-order valence-corrected chi connectivity index (χ3v) is 3.18.